The number of hydrogen-bond donors (Lipinski definition) is 1. The van der Waals surface area contributed by atoms with Crippen LogP contribution in [0.2, 0.25) is 0 Å². The van der Waals surface area contributed by atoms with E-state index in [9.17, 15) is 5.02 Å². The van der Waals surface area contributed by atoms with Crippen molar-refractivity contribution in [2.24, 2.45) is 0 Å². The van der Waals surface area contributed by atoms with Crippen molar-refractivity contribution in [2.75, 3.05) is 0 Å². The Morgan fingerprint density at radius 2 is 1.06 bits per heavy atom. The van der Waals surface area contributed by atoms with Crippen molar-refractivity contribution in [2.45, 2.75) is 0 Å². The molecule has 0 fully saturated rings. The Labute approximate surface area is 193 Å². The second-order valence-corrected chi connectivity index (χ2v) is 8.36. The molecule has 0 aliphatic heterocycles. The zero-order valence-electron chi connectivity index (χ0n) is 18.1. The molecular formula is C30H22BNO. The van der Waals surface area contributed by atoms with Crippen LogP contribution in [0.1, 0.15) is 0 Å². The van der Waals surface area contributed by atoms with Crippen LogP contribution in [0.25, 0.3) is 49.7 Å². The lowest BCUT2D eigenvalue weighted by Gasteiger charge is -2.14. The Hall–Kier alpha value is -4.08. The summed E-state index contributed by atoms with van der Waals surface area (Å²) in [6, 6.07) is 42.6. The Kier molecular flexibility index (Phi) is 4.82. The van der Waals surface area contributed by atoms with Gasteiger partial charge in [-0.25, -0.2) is 0 Å². The molecule has 0 radical (unpaired) electrons. The smallest absolute Gasteiger partial charge is 0.304 e. The summed E-state index contributed by atoms with van der Waals surface area (Å²) in [4.78, 5) is 0. The molecule has 1 heterocycles. The summed E-state index contributed by atoms with van der Waals surface area (Å²) in [6.07, 6.45) is 0. The molecule has 1 aromatic heterocycles. The van der Waals surface area contributed by atoms with E-state index in [1.165, 1.54) is 27.6 Å². The fourth-order valence-electron chi connectivity index (χ4n) is 4.73. The summed E-state index contributed by atoms with van der Waals surface area (Å²) >= 11 is 0. The SMILES string of the molecule is OBc1ccc2c(c1)c1ccccc1n2-c1cc(-c2ccccc2)cc(-c2ccccc2)c1. The molecule has 2 nitrogen and oxygen atoms in total. The molecule has 156 valence electrons. The van der Waals surface area contributed by atoms with Crippen molar-refractivity contribution in [3.05, 3.63) is 121 Å². The van der Waals surface area contributed by atoms with Crippen LogP contribution in [-0.2, 0) is 0 Å². The van der Waals surface area contributed by atoms with Gasteiger partial charge < -0.3 is 9.59 Å². The maximum Gasteiger partial charge on any atom is 0.304 e. The third kappa shape index (κ3) is 3.43. The standard InChI is InChI=1S/C30H22BNO/c33-31-25-15-16-30-28(20-25)27-13-7-8-14-29(27)32(30)26-18-23(21-9-3-1-4-10-21)17-24(19-26)22-11-5-2-6-12-22/h1-20,31,33H. The summed E-state index contributed by atoms with van der Waals surface area (Å²) in [5.74, 6) is 0. The van der Waals surface area contributed by atoms with Crippen LogP contribution >= 0.6 is 0 Å². The summed E-state index contributed by atoms with van der Waals surface area (Å²) in [6.45, 7) is 0. The molecule has 0 saturated carbocycles. The van der Waals surface area contributed by atoms with Gasteiger partial charge in [0.05, 0.1) is 11.0 Å². The number of benzene rings is 5. The highest BCUT2D eigenvalue weighted by Crippen LogP contribution is 2.35. The largest absolute Gasteiger partial charge is 0.449 e. The van der Waals surface area contributed by atoms with E-state index in [4.69, 9.17) is 0 Å². The third-order valence-corrected chi connectivity index (χ3v) is 6.31. The van der Waals surface area contributed by atoms with Crippen LogP contribution in [0, 0.1) is 0 Å². The lowest BCUT2D eigenvalue weighted by atomic mass is 9.88. The number of hydrogen-bond acceptors (Lipinski definition) is 1. The van der Waals surface area contributed by atoms with Gasteiger partial charge in [0.1, 0.15) is 0 Å². The van der Waals surface area contributed by atoms with Crippen LogP contribution < -0.4 is 5.46 Å². The molecule has 6 rings (SSSR count). The van der Waals surface area contributed by atoms with Crippen LogP contribution in [0.5, 0.6) is 0 Å². The summed E-state index contributed by atoms with van der Waals surface area (Å²) in [5, 5.41) is 12.1. The Morgan fingerprint density at radius 1 is 0.485 bits per heavy atom. The van der Waals surface area contributed by atoms with Crippen molar-refractivity contribution < 1.29 is 5.02 Å². The first-order chi connectivity index (χ1) is 16.3. The number of fused-ring (bicyclic) bond motifs is 3. The molecule has 6 aromatic rings. The Balaban J connectivity index is 1.68. The molecule has 0 saturated heterocycles. The molecule has 1 N–H and O–H groups in total. The van der Waals surface area contributed by atoms with Crippen molar-refractivity contribution in [3.8, 4) is 27.9 Å². The topological polar surface area (TPSA) is 25.2 Å². The monoisotopic (exact) mass is 423 g/mol. The van der Waals surface area contributed by atoms with Crippen molar-refractivity contribution >= 4 is 34.8 Å². The fraction of sp³-hybridized carbons (Fsp3) is 0. The highest BCUT2D eigenvalue weighted by atomic mass is 16.2. The maximum atomic E-state index is 9.71. The van der Waals surface area contributed by atoms with Gasteiger partial charge in [0, 0.05) is 16.5 Å². The lowest BCUT2D eigenvalue weighted by Crippen LogP contribution is -2.12. The van der Waals surface area contributed by atoms with Gasteiger partial charge in [-0.05, 0) is 52.6 Å². The van der Waals surface area contributed by atoms with Gasteiger partial charge in [0.25, 0.3) is 0 Å². The first-order valence-electron chi connectivity index (χ1n) is 11.2. The number of nitrogens with zero attached hydrogens (tertiary/aromatic N) is 1. The van der Waals surface area contributed by atoms with Crippen LogP contribution in [0.3, 0.4) is 0 Å². The molecule has 3 heteroatoms. The molecule has 0 amide bonds. The van der Waals surface area contributed by atoms with E-state index in [1.54, 1.807) is 0 Å². The molecule has 5 aromatic carbocycles. The van der Waals surface area contributed by atoms with Crippen molar-refractivity contribution in [1.29, 1.82) is 0 Å². The van der Waals surface area contributed by atoms with Gasteiger partial charge >= 0.3 is 7.48 Å². The Morgan fingerprint density at radius 3 is 1.70 bits per heavy atom. The van der Waals surface area contributed by atoms with Crippen LogP contribution in [0.4, 0.5) is 0 Å². The van der Waals surface area contributed by atoms with Gasteiger partial charge in [-0.1, -0.05) is 96.5 Å². The number of aromatic nitrogens is 1. The predicted octanol–water partition coefficient (Wildman–Crippen LogP) is 6.09. The zero-order valence-corrected chi connectivity index (χ0v) is 18.1. The van der Waals surface area contributed by atoms with E-state index in [1.807, 2.05) is 6.07 Å². The van der Waals surface area contributed by atoms with E-state index >= 15 is 0 Å². The van der Waals surface area contributed by atoms with E-state index in [-0.39, 0.29) is 7.48 Å². The molecule has 0 bridgehead atoms. The Bertz CT molecular complexity index is 1530. The van der Waals surface area contributed by atoms with E-state index in [0.717, 1.165) is 27.6 Å². The number of rotatable bonds is 4. The molecule has 0 aliphatic carbocycles. The normalized spacial score (nSPS) is 11.2. The minimum Gasteiger partial charge on any atom is -0.449 e. The second-order valence-electron chi connectivity index (χ2n) is 8.36. The first kappa shape index (κ1) is 19.6. The quantitative estimate of drug-likeness (QED) is 0.341. The number of para-hydroxylation sites is 1. The summed E-state index contributed by atoms with van der Waals surface area (Å²) in [7, 11) is 0.0388. The predicted molar refractivity (Wildman–Crippen MR) is 141 cm³/mol. The van der Waals surface area contributed by atoms with Gasteiger partial charge in [-0.2, -0.15) is 0 Å². The van der Waals surface area contributed by atoms with E-state index < -0.39 is 0 Å². The average molecular weight is 423 g/mol. The minimum absolute atomic E-state index is 0.0388. The molecular weight excluding hydrogens is 401 g/mol. The third-order valence-electron chi connectivity index (χ3n) is 6.31. The summed E-state index contributed by atoms with van der Waals surface area (Å²) < 4.78 is 2.34. The first-order valence-corrected chi connectivity index (χ1v) is 11.2. The second kappa shape index (κ2) is 8.12. The van der Waals surface area contributed by atoms with E-state index in [0.29, 0.717) is 0 Å². The zero-order chi connectivity index (χ0) is 22.2. The van der Waals surface area contributed by atoms with E-state index in [2.05, 4.69) is 120 Å². The van der Waals surface area contributed by atoms with Crippen LogP contribution in [-0.4, -0.2) is 17.1 Å². The average Bonchev–Trinajstić information content (AvgIpc) is 3.23. The molecule has 0 aliphatic rings. The van der Waals surface area contributed by atoms with Crippen LogP contribution in [0.15, 0.2) is 121 Å². The lowest BCUT2D eigenvalue weighted by molar-refractivity contribution is 0.615. The van der Waals surface area contributed by atoms with Crippen molar-refractivity contribution in [1.82, 2.24) is 4.57 Å². The molecule has 0 spiro atoms. The van der Waals surface area contributed by atoms with Crippen molar-refractivity contribution in [3.63, 3.8) is 0 Å². The van der Waals surface area contributed by atoms with Gasteiger partial charge in [-0.3, -0.25) is 0 Å². The minimum atomic E-state index is 0.0388. The maximum absolute atomic E-state index is 9.71. The highest BCUT2D eigenvalue weighted by molar-refractivity contribution is 6.46. The fourth-order valence-corrected chi connectivity index (χ4v) is 4.73. The molecule has 33 heavy (non-hydrogen) atoms. The molecule has 0 atom stereocenters. The van der Waals surface area contributed by atoms with Gasteiger partial charge in [-0.15, -0.1) is 0 Å². The van der Waals surface area contributed by atoms with Gasteiger partial charge in [0.15, 0.2) is 0 Å². The highest BCUT2D eigenvalue weighted by Gasteiger charge is 2.14. The van der Waals surface area contributed by atoms with Gasteiger partial charge in [0.2, 0.25) is 0 Å². The molecule has 0 unspecified atom stereocenters. The summed E-state index contributed by atoms with van der Waals surface area (Å²) in [5.41, 5.74) is 9.10.